The predicted molar refractivity (Wildman–Crippen MR) is 262 cm³/mol. The molecule has 1 aliphatic carbocycles. The van der Waals surface area contributed by atoms with Crippen LogP contribution >= 0.6 is 0 Å². The van der Waals surface area contributed by atoms with Gasteiger partial charge in [-0.05, 0) is 75.9 Å². The number of allylic oxidation sites excluding steroid dienone is 4. The van der Waals surface area contributed by atoms with Gasteiger partial charge in [0.25, 0.3) is 0 Å². The fraction of sp³-hybridized carbons (Fsp3) is 0.321. The van der Waals surface area contributed by atoms with Gasteiger partial charge in [0.15, 0.2) is 0 Å². The number of terminal acetylenes is 1. The zero-order valence-corrected chi connectivity index (χ0v) is 38.1. The molecule has 0 aliphatic heterocycles. The molecule has 5 aromatic carbocycles. The molecular formula is C56H71N. The normalized spacial score (nSPS) is 14.1. The topological polar surface area (TPSA) is 4.93 Å². The number of rotatable bonds is 5. The van der Waals surface area contributed by atoms with Crippen LogP contribution in [0.2, 0.25) is 0 Å². The summed E-state index contributed by atoms with van der Waals surface area (Å²) in [5, 5.41) is 4.88. The smallest absolute Gasteiger partial charge is 0.0622 e. The third kappa shape index (κ3) is 9.91. The highest BCUT2D eigenvalue weighted by molar-refractivity contribution is 6.17. The summed E-state index contributed by atoms with van der Waals surface area (Å²) in [6.07, 6.45) is 12.2. The fourth-order valence-electron chi connectivity index (χ4n) is 7.51. The summed E-state index contributed by atoms with van der Waals surface area (Å²) in [4.78, 5) is 0. The van der Waals surface area contributed by atoms with E-state index < -0.39 is 0 Å². The van der Waals surface area contributed by atoms with Gasteiger partial charge in [-0.1, -0.05) is 207 Å². The van der Waals surface area contributed by atoms with E-state index in [0.29, 0.717) is 0 Å². The maximum absolute atomic E-state index is 6.51. The van der Waals surface area contributed by atoms with Crippen molar-refractivity contribution in [2.24, 2.45) is 5.92 Å². The molecule has 1 aromatic heterocycles. The molecule has 300 valence electrons. The van der Waals surface area contributed by atoms with E-state index in [0.717, 1.165) is 39.0 Å². The summed E-state index contributed by atoms with van der Waals surface area (Å²) in [5.41, 5.74) is 10.0. The lowest BCUT2D eigenvalue weighted by molar-refractivity contribution is 0.366. The Labute approximate surface area is 348 Å². The molecule has 0 N–H and O–H groups in total. The van der Waals surface area contributed by atoms with Crippen LogP contribution in [-0.2, 0) is 5.41 Å². The Kier molecular flexibility index (Phi) is 21.6. The highest BCUT2D eigenvalue weighted by Crippen LogP contribution is 2.53. The van der Waals surface area contributed by atoms with Gasteiger partial charge in [-0.15, -0.1) is 12.3 Å². The van der Waals surface area contributed by atoms with E-state index in [1.807, 2.05) is 108 Å². The van der Waals surface area contributed by atoms with Crippen molar-refractivity contribution in [3.8, 4) is 41.0 Å². The quantitative estimate of drug-likeness (QED) is 0.122. The van der Waals surface area contributed by atoms with Crippen LogP contribution < -0.4 is 0 Å². The monoisotopic (exact) mass is 758 g/mol. The van der Waals surface area contributed by atoms with Gasteiger partial charge in [0, 0.05) is 33.4 Å². The Morgan fingerprint density at radius 3 is 1.89 bits per heavy atom. The Bertz CT molecular complexity index is 2300. The van der Waals surface area contributed by atoms with Crippen molar-refractivity contribution in [2.45, 2.75) is 115 Å². The Morgan fingerprint density at radius 2 is 1.32 bits per heavy atom. The molecule has 7 rings (SSSR count). The molecule has 0 fully saturated rings. The number of aromatic nitrogens is 1. The summed E-state index contributed by atoms with van der Waals surface area (Å²) >= 11 is 0. The number of para-hydroxylation sites is 1. The molecule has 0 saturated carbocycles. The fourth-order valence-corrected chi connectivity index (χ4v) is 7.51. The molecule has 1 nitrogen and oxygen atoms in total. The van der Waals surface area contributed by atoms with Gasteiger partial charge < -0.3 is 4.57 Å². The van der Waals surface area contributed by atoms with Gasteiger partial charge in [0.2, 0.25) is 0 Å². The number of benzene rings is 5. The molecule has 1 aliphatic rings. The first-order valence-electron chi connectivity index (χ1n) is 21.5. The number of nitrogens with zero attached hydrogens (tertiary/aromatic N) is 1. The number of hydrogen-bond acceptors (Lipinski definition) is 0. The summed E-state index contributed by atoms with van der Waals surface area (Å²) in [7, 11) is 0. The first kappa shape index (κ1) is 49.5. The maximum atomic E-state index is 6.51. The lowest BCUT2D eigenvalue weighted by Crippen LogP contribution is -2.36. The second-order valence-electron chi connectivity index (χ2n) is 12.4. The van der Waals surface area contributed by atoms with Gasteiger partial charge in [-0.2, -0.15) is 0 Å². The summed E-state index contributed by atoms with van der Waals surface area (Å²) < 4.78 is 2.43. The van der Waals surface area contributed by atoms with Crippen LogP contribution in [0.25, 0.3) is 55.0 Å². The van der Waals surface area contributed by atoms with Crippen molar-refractivity contribution in [1.29, 1.82) is 0 Å². The van der Waals surface area contributed by atoms with Crippen LogP contribution in [0.3, 0.4) is 0 Å². The second-order valence-corrected chi connectivity index (χ2v) is 12.4. The largest absolute Gasteiger partial charge is 0.309 e. The van der Waals surface area contributed by atoms with Crippen molar-refractivity contribution in [3.63, 3.8) is 0 Å². The van der Waals surface area contributed by atoms with Gasteiger partial charge in [0.05, 0.1) is 17.0 Å². The average Bonchev–Trinajstić information content (AvgIpc) is 3.62. The standard InChI is InChI=1S/C44H35N.6C2H6/c1-7-17-29(9-3)32-25-33(30-19-12-11-13-20-30)27-34(26-32)45-40-24-15-14-22-36(40)37-28-31-21-16-23-39-41(31)42(43(37)45)35(10-4)38(18-8-2)44(39,5)6;6*1-2/h4,7,9,11-17,19-28,35,38H,1,3H2,2,5-6H3;6*1-2H3/b29-17+;;;;;;. The van der Waals surface area contributed by atoms with Crippen molar-refractivity contribution < 1.29 is 0 Å². The third-order valence-electron chi connectivity index (χ3n) is 9.56. The number of fused-ring (bicyclic) bond motifs is 4. The zero-order chi connectivity index (χ0) is 43.3. The molecule has 0 spiro atoms. The van der Waals surface area contributed by atoms with E-state index in [1.165, 1.54) is 32.7 Å². The summed E-state index contributed by atoms with van der Waals surface area (Å²) in [6.45, 7) is 38.6. The molecule has 2 atom stereocenters. The van der Waals surface area contributed by atoms with E-state index in [-0.39, 0.29) is 17.3 Å². The van der Waals surface area contributed by atoms with E-state index >= 15 is 0 Å². The molecule has 0 saturated heterocycles. The van der Waals surface area contributed by atoms with Crippen molar-refractivity contribution >= 4 is 38.2 Å². The SMILES string of the molecule is C#CC1c2c3c(cccc3cc3c4ccccc4n(-c4cc(/C(C=C)=C/C=C)cc(-c5ccccc5)c4)c23)C(C)(C)C1C#CC.CC.CC.CC.CC.CC.CC. The molecule has 2 unspecified atom stereocenters. The van der Waals surface area contributed by atoms with Crippen LogP contribution in [0, 0.1) is 30.1 Å². The molecule has 0 radical (unpaired) electrons. The van der Waals surface area contributed by atoms with Crippen LogP contribution in [-0.4, -0.2) is 4.57 Å². The summed E-state index contributed by atoms with van der Waals surface area (Å²) in [5.74, 6) is 9.83. The Balaban J connectivity index is 0.00000124. The minimum Gasteiger partial charge on any atom is -0.309 e. The van der Waals surface area contributed by atoms with E-state index in [9.17, 15) is 0 Å². The third-order valence-corrected chi connectivity index (χ3v) is 9.56. The van der Waals surface area contributed by atoms with Crippen LogP contribution in [0.5, 0.6) is 0 Å². The van der Waals surface area contributed by atoms with E-state index in [2.05, 4.69) is 146 Å². The minimum absolute atomic E-state index is 0.0308. The van der Waals surface area contributed by atoms with E-state index in [1.54, 1.807) is 0 Å². The molecule has 1 heteroatoms. The Hall–Kier alpha value is -5.50. The lowest BCUT2D eigenvalue weighted by Gasteiger charge is -2.41. The van der Waals surface area contributed by atoms with Crippen LogP contribution in [0.15, 0.2) is 128 Å². The van der Waals surface area contributed by atoms with Crippen molar-refractivity contribution in [1.82, 2.24) is 4.57 Å². The predicted octanol–water partition coefficient (Wildman–Crippen LogP) is 17.2. The van der Waals surface area contributed by atoms with Gasteiger partial charge in [0.1, 0.15) is 0 Å². The molecule has 1 heterocycles. The van der Waals surface area contributed by atoms with Gasteiger partial charge >= 0.3 is 0 Å². The molecule has 57 heavy (non-hydrogen) atoms. The average molecular weight is 758 g/mol. The molecule has 0 bridgehead atoms. The van der Waals surface area contributed by atoms with Crippen LogP contribution in [0.1, 0.15) is 126 Å². The molecular weight excluding hydrogens is 687 g/mol. The van der Waals surface area contributed by atoms with Crippen molar-refractivity contribution in [2.75, 3.05) is 0 Å². The highest BCUT2D eigenvalue weighted by Gasteiger charge is 2.43. The first-order chi connectivity index (χ1) is 27.9. The highest BCUT2D eigenvalue weighted by atomic mass is 15.0. The molecule has 6 aromatic rings. The number of hydrogen-bond donors (Lipinski definition) is 0. The van der Waals surface area contributed by atoms with Crippen molar-refractivity contribution in [3.05, 3.63) is 145 Å². The van der Waals surface area contributed by atoms with Gasteiger partial charge in [-0.25, -0.2) is 0 Å². The molecule has 0 amide bonds. The minimum atomic E-state index is -0.216. The first-order valence-corrected chi connectivity index (χ1v) is 21.5. The zero-order valence-electron chi connectivity index (χ0n) is 38.1. The van der Waals surface area contributed by atoms with Gasteiger partial charge in [-0.3, -0.25) is 0 Å². The van der Waals surface area contributed by atoms with Crippen LogP contribution in [0.4, 0.5) is 0 Å². The van der Waals surface area contributed by atoms with E-state index in [4.69, 9.17) is 6.42 Å². The maximum Gasteiger partial charge on any atom is 0.0622 e. The second kappa shape index (κ2) is 24.9. The summed E-state index contributed by atoms with van der Waals surface area (Å²) in [6, 6.07) is 35.1. The Morgan fingerprint density at radius 1 is 0.702 bits per heavy atom. The lowest BCUT2D eigenvalue weighted by atomic mass is 9.60.